The van der Waals surface area contributed by atoms with Crippen molar-refractivity contribution in [1.29, 1.82) is 0 Å². The molecule has 31 heavy (non-hydrogen) atoms. The molecule has 4 heterocycles. The second-order valence-electron chi connectivity index (χ2n) is 7.85. The summed E-state index contributed by atoms with van der Waals surface area (Å²) in [5.74, 6) is 1.43. The van der Waals surface area contributed by atoms with Crippen LogP contribution in [0, 0.1) is 18.8 Å². The molecule has 0 radical (unpaired) electrons. The van der Waals surface area contributed by atoms with Crippen LogP contribution in [0.5, 0.6) is 5.75 Å². The van der Waals surface area contributed by atoms with Gasteiger partial charge in [-0.25, -0.2) is 9.50 Å². The predicted molar refractivity (Wildman–Crippen MR) is 105 cm³/mol. The van der Waals surface area contributed by atoms with Crippen LogP contribution in [0.3, 0.4) is 0 Å². The zero-order valence-electron chi connectivity index (χ0n) is 16.4. The van der Waals surface area contributed by atoms with E-state index in [2.05, 4.69) is 34.4 Å². The molecule has 1 N–H and O–H groups in total. The van der Waals surface area contributed by atoms with Gasteiger partial charge in [-0.05, 0) is 43.7 Å². The van der Waals surface area contributed by atoms with E-state index >= 15 is 0 Å². The molecule has 1 aliphatic carbocycles. The van der Waals surface area contributed by atoms with Gasteiger partial charge < -0.3 is 15.0 Å². The average Bonchev–Trinajstić information content (AvgIpc) is 3.38. The Kier molecular flexibility index (Phi) is 4.87. The highest BCUT2D eigenvalue weighted by Crippen LogP contribution is 2.40. The lowest BCUT2D eigenvalue weighted by molar-refractivity contribution is -0.236. The Morgan fingerprint density at radius 3 is 2.61 bits per heavy atom. The molecule has 5 rings (SSSR count). The topological polar surface area (TPSA) is 80.5 Å². The van der Waals surface area contributed by atoms with Crippen molar-refractivity contribution >= 4 is 28.3 Å². The second-order valence-corrected chi connectivity index (χ2v) is 8.58. The number of ether oxygens (including phenoxy) is 1. The van der Waals surface area contributed by atoms with Crippen molar-refractivity contribution in [3.05, 3.63) is 24.2 Å². The van der Waals surface area contributed by atoms with E-state index in [0.717, 1.165) is 36.9 Å². The van der Waals surface area contributed by atoms with Gasteiger partial charge in [0.15, 0.2) is 11.4 Å². The zero-order valence-corrected chi connectivity index (χ0v) is 17.2. The summed E-state index contributed by atoms with van der Waals surface area (Å²) >= 11 is 1.40. The average molecular weight is 457 g/mol. The van der Waals surface area contributed by atoms with E-state index in [0.29, 0.717) is 11.8 Å². The van der Waals surface area contributed by atoms with E-state index in [1.165, 1.54) is 34.4 Å². The fraction of sp³-hybridized carbons (Fsp3) is 0.556. The smallest absolute Gasteiger partial charge is 0.448 e. The maximum atomic E-state index is 13.4. The Morgan fingerprint density at radius 1 is 1.23 bits per heavy atom. The number of halogens is 4. The molecule has 0 spiro atoms. The molecule has 2 aliphatic rings. The minimum Gasteiger partial charge on any atom is -0.448 e. The number of pyridine rings is 1. The summed E-state index contributed by atoms with van der Waals surface area (Å²) in [4.78, 5) is 11.0. The van der Waals surface area contributed by atoms with E-state index in [9.17, 15) is 17.6 Å². The van der Waals surface area contributed by atoms with E-state index in [1.54, 1.807) is 0 Å². The molecule has 3 aromatic heterocycles. The van der Waals surface area contributed by atoms with Crippen LogP contribution in [0.1, 0.15) is 18.7 Å². The molecule has 1 saturated carbocycles. The van der Waals surface area contributed by atoms with Gasteiger partial charge >= 0.3 is 12.5 Å². The summed E-state index contributed by atoms with van der Waals surface area (Å²) in [6.07, 6.45) is -4.93. The Balaban J connectivity index is 1.33. The lowest BCUT2D eigenvalue weighted by atomic mass is 9.92. The molecule has 2 bridgehead atoms. The first-order valence-electron chi connectivity index (χ1n) is 9.82. The first kappa shape index (κ1) is 20.2. The molecule has 3 aromatic rings. The summed E-state index contributed by atoms with van der Waals surface area (Å²) < 4.78 is 60.9. The molecule has 0 amide bonds. The number of hydrogen-bond acceptors (Lipinski definition) is 8. The van der Waals surface area contributed by atoms with Crippen LogP contribution in [-0.4, -0.2) is 55.6 Å². The van der Waals surface area contributed by atoms with E-state index in [1.807, 2.05) is 6.92 Å². The zero-order chi connectivity index (χ0) is 21.8. The molecule has 0 aromatic carbocycles. The molecule has 1 saturated heterocycles. The number of aryl methyl sites for hydroxylation is 1. The van der Waals surface area contributed by atoms with Crippen molar-refractivity contribution in [2.75, 3.05) is 23.3 Å². The van der Waals surface area contributed by atoms with E-state index in [4.69, 9.17) is 0 Å². The number of rotatable bonds is 5. The number of hydrogen-bond donors (Lipinski definition) is 1. The van der Waals surface area contributed by atoms with Crippen LogP contribution in [-0.2, 0) is 0 Å². The van der Waals surface area contributed by atoms with Crippen LogP contribution in [0.15, 0.2) is 18.3 Å². The summed E-state index contributed by atoms with van der Waals surface area (Å²) in [5, 5.41) is 8.56. The fourth-order valence-corrected chi connectivity index (χ4v) is 5.08. The van der Waals surface area contributed by atoms with Gasteiger partial charge in [0.2, 0.25) is 11.1 Å². The summed E-state index contributed by atoms with van der Waals surface area (Å²) in [5.41, 5.74) is 0.0195. The lowest BCUT2D eigenvalue weighted by Gasteiger charge is -2.37. The minimum atomic E-state index is -5.12. The molecule has 1 unspecified atom stereocenters. The van der Waals surface area contributed by atoms with Crippen LogP contribution < -0.4 is 15.0 Å². The third kappa shape index (κ3) is 3.86. The number of piperidine rings is 1. The molecule has 166 valence electrons. The predicted octanol–water partition coefficient (Wildman–Crippen LogP) is 3.45. The van der Waals surface area contributed by atoms with Crippen molar-refractivity contribution in [3.8, 4) is 5.75 Å². The van der Waals surface area contributed by atoms with Crippen molar-refractivity contribution in [1.82, 2.24) is 24.0 Å². The molecule has 8 nitrogen and oxygen atoms in total. The number of nitrogens with zero attached hydrogens (tertiary/aromatic N) is 6. The van der Waals surface area contributed by atoms with Crippen molar-refractivity contribution in [3.63, 3.8) is 0 Å². The Labute approximate surface area is 178 Å². The summed E-state index contributed by atoms with van der Waals surface area (Å²) in [7, 11) is 0. The maximum Gasteiger partial charge on any atom is 0.457 e. The number of alkyl halides is 4. The number of aromatic nitrogens is 5. The Hall–Kier alpha value is -2.70. The fourth-order valence-electron chi connectivity index (χ4n) is 4.39. The second kappa shape index (κ2) is 7.46. The normalized spacial score (nSPS) is 24.5. The molecule has 2 fully saturated rings. The number of nitrogens with one attached hydrogen (secondary N) is 1. The molecule has 1 aliphatic heterocycles. The van der Waals surface area contributed by atoms with Gasteiger partial charge in [0, 0.05) is 36.9 Å². The van der Waals surface area contributed by atoms with Gasteiger partial charge in [0.25, 0.3) is 0 Å². The minimum absolute atomic E-state index is 0.0195. The van der Waals surface area contributed by atoms with Gasteiger partial charge in [-0.2, -0.15) is 26.9 Å². The lowest BCUT2D eigenvalue weighted by Crippen LogP contribution is -2.48. The highest BCUT2D eigenvalue weighted by molar-refractivity contribution is 7.09. The first-order chi connectivity index (χ1) is 14.8. The Bertz CT molecular complexity index is 1070. The van der Waals surface area contributed by atoms with Gasteiger partial charge in [0.1, 0.15) is 5.82 Å². The largest absolute Gasteiger partial charge is 0.457 e. The van der Waals surface area contributed by atoms with Crippen molar-refractivity contribution < 1.29 is 22.3 Å². The quantitative estimate of drug-likeness (QED) is 0.588. The Morgan fingerprint density at radius 2 is 1.97 bits per heavy atom. The van der Waals surface area contributed by atoms with Gasteiger partial charge in [-0.1, -0.05) is 0 Å². The van der Waals surface area contributed by atoms with Crippen LogP contribution in [0.2, 0.25) is 0 Å². The van der Waals surface area contributed by atoms with Gasteiger partial charge in [0.05, 0.1) is 0 Å². The monoisotopic (exact) mass is 457 g/mol. The standard InChI is InChI=1S/C18H19F4N7OS/c1-9-23-17(31-27-9)28-7-10-4-5-11(8-28)13(10)24-16-25-14-12(3-2-6-29(14)26-16)30-15(19)18(20,21)22/h2-3,6,10-11,13,15H,4-5,7-8H2,1H3,(H,24,26)/t10-,11+,13-,15?. The molecule has 13 heteroatoms. The number of anilines is 2. The highest BCUT2D eigenvalue weighted by Gasteiger charge is 2.44. The first-order valence-corrected chi connectivity index (χ1v) is 10.6. The maximum absolute atomic E-state index is 13.4. The molecule has 4 atom stereocenters. The van der Waals surface area contributed by atoms with Crippen molar-refractivity contribution in [2.45, 2.75) is 38.3 Å². The van der Waals surface area contributed by atoms with E-state index < -0.39 is 12.5 Å². The number of fused-ring (bicyclic) bond motifs is 3. The van der Waals surface area contributed by atoms with Crippen LogP contribution >= 0.6 is 11.5 Å². The summed E-state index contributed by atoms with van der Waals surface area (Å²) in [6, 6.07) is 2.80. The summed E-state index contributed by atoms with van der Waals surface area (Å²) in [6.45, 7) is 3.54. The van der Waals surface area contributed by atoms with Crippen LogP contribution in [0.4, 0.5) is 28.6 Å². The van der Waals surface area contributed by atoms with E-state index in [-0.39, 0.29) is 23.4 Å². The third-order valence-corrected chi connectivity index (χ3v) is 6.60. The SMILES string of the molecule is Cc1nsc(N2C[C@H]3CC[C@@H](C2)[C@@H]3Nc2nc3c(OC(F)C(F)(F)F)cccn3n2)n1. The molecular weight excluding hydrogens is 438 g/mol. The van der Waals surface area contributed by atoms with Gasteiger partial charge in [-0.3, -0.25) is 0 Å². The van der Waals surface area contributed by atoms with Gasteiger partial charge in [-0.15, -0.1) is 5.10 Å². The third-order valence-electron chi connectivity index (χ3n) is 5.73. The highest BCUT2D eigenvalue weighted by atomic mass is 32.1. The van der Waals surface area contributed by atoms with Crippen LogP contribution in [0.25, 0.3) is 5.65 Å². The molecular formula is C18H19F4N7OS. The van der Waals surface area contributed by atoms with Crippen molar-refractivity contribution in [2.24, 2.45) is 11.8 Å².